The van der Waals surface area contributed by atoms with Crippen LogP contribution in [0.15, 0.2) is 35.2 Å². The van der Waals surface area contributed by atoms with Gasteiger partial charge >= 0.3 is 6.03 Å². The monoisotopic (exact) mass is 297 g/mol. The number of thiophene rings is 1. The number of hydrogen-bond donors (Lipinski definition) is 2. The number of aryl methyl sites for hydroxylation is 2. The summed E-state index contributed by atoms with van der Waals surface area (Å²) in [5.74, 6) is 0.467. The van der Waals surface area contributed by atoms with Gasteiger partial charge in [0.05, 0.1) is 0 Å². The molecule has 0 atom stereocenters. The van der Waals surface area contributed by atoms with Crippen molar-refractivity contribution in [2.45, 2.75) is 13.8 Å². The van der Waals surface area contributed by atoms with Crippen molar-refractivity contribution in [2.75, 3.05) is 5.32 Å². The molecule has 5 heteroatoms. The SMILES string of the molecule is Cc1cscc1-c1ccc(C)c2cnc(NC(N)=O)cc12. The van der Waals surface area contributed by atoms with Crippen LogP contribution >= 0.6 is 11.3 Å². The van der Waals surface area contributed by atoms with Crippen LogP contribution in [0.25, 0.3) is 21.9 Å². The Morgan fingerprint density at radius 3 is 2.62 bits per heavy atom. The normalized spacial score (nSPS) is 10.8. The summed E-state index contributed by atoms with van der Waals surface area (Å²) >= 11 is 1.68. The summed E-state index contributed by atoms with van der Waals surface area (Å²) in [6.45, 7) is 4.15. The van der Waals surface area contributed by atoms with Gasteiger partial charge in [0.1, 0.15) is 5.82 Å². The fourth-order valence-corrected chi connectivity index (χ4v) is 3.29. The number of rotatable bonds is 2. The zero-order chi connectivity index (χ0) is 15.0. The van der Waals surface area contributed by atoms with Gasteiger partial charge in [-0.25, -0.2) is 9.78 Å². The minimum atomic E-state index is -0.609. The molecule has 3 rings (SSSR count). The number of urea groups is 1. The molecule has 4 nitrogen and oxygen atoms in total. The lowest BCUT2D eigenvalue weighted by Gasteiger charge is -2.10. The predicted octanol–water partition coefficient (Wildman–Crippen LogP) is 4.07. The Kier molecular flexibility index (Phi) is 3.35. The highest BCUT2D eigenvalue weighted by Gasteiger charge is 2.10. The topological polar surface area (TPSA) is 68.0 Å². The molecule has 3 N–H and O–H groups in total. The van der Waals surface area contributed by atoms with E-state index in [4.69, 9.17) is 5.73 Å². The first-order valence-electron chi connectivity index (χ1n) is 6.55. The molecule has 2 heterocycles. The van der Waals surface area contributed by atoms with Crippen LogP contribution in [0.3, 0.4) is 0 Å². The largest absolute Gasteiger partial charge is 0.351 e. The number of pyridine rings is 1. The number of nitrogens with two attached hydrogens (primary N) is 1. The van der Waals surface area contributed by atoms with E-state index >= 15 is 0 Å². The molecule has 0 saturated heterocycles. The van der Waals surface area contributed by atoms with E-state index in [1.807, 2.05) is 6.07 Å². The lowest BCUT2D eigenvalue weighted by molar-refractivity contribution is 0.259. The molecule has 0 unspecified atom stereocenters. The number of benzene rings is 1. The lowest BCUT2D eigenvalue weighted by atomic mass is 9.96. The average molecular weight is 297 g/mol. The molecule has 0 saturated carbocycles. The van der Waals surface area contributed by atoms with Crippen LogP contribution in [-0.2, 0) is 0 Å². The van der Waals surface area contributed by atoms with Gasteiger partial charge in [-0.05, 0) is 58.3 Å². The van der Waals surface area contributed by atoms with Crippen LogP contribution in [0.1, 0.15) is 11.1 Å². The highest BCUT2D eigenvalue weighted by atomic mass is 32.1. The third-order valence-corrected chi connectivity index (χ3v) is 4.38. The Morgan fingerprint density at radius 2 is 1.95 bits per heavy atom. The van der Waals surface area contributed by atoms with Crippen molar-refractivity contribution in [3.63, 3.8) is 0 Å². The number of carbonyl (C=O) groups excluding carboxylic acids is 1. The molecule has 0 aliphatic carbocycles. The zero-order valence-electron chi connectivity index (χ0n) is 11.8. The summed E-state index contributed by atoms with van der Waals surface area (Å²) in [7, 11) is 0. The van der Waals surface area contributed by atoms with Crippen LogP contribution in [0.5, 0.6) is 0 Å². The van der Waals surface area contributed by atoms with Crippen molar-refractivity contribution in [2.24, 2.45) is 5.73 Å². The fraction of sp³-hybridized carbons (Fsp3) is 0.125. The smallest absolute Gasteiger partial charge is 0.317 e. The van der Waals surface area contributed by atoms with Crippen LogP contribution in [-0.4, -0.2) is 11.0 Å². The second-order valence-electron chi connectivity index (χ2n) is 5.00. The van der Waals surface area contributed by atoms with Crippen molar-refractivity contribution >= 4 is 34.0 Å². The maximum atomic E-state index is 11.0. The van der Waals surface area contributed by atoms with Gasteiger partial charge in [0.2, 0.25) is 0 Å². The van der Waals surface area contributed by atoms with E-state index in [2.05, 4.69) is 47.0 Å². The van der Waals surface area contributed by atoms with Crippen molar-refractivity contribution in [1.29, 1.82) is 0 Å². The summed E-state index contributed by atoms with van der Waals surface area (Å²) in [5, 5.41) is 8.95. The van der Waals surface area contributed by atoms with Gasteiger partial charge in [0.25, 0.3) is 0 Å². The molecule has 0 bridgehead atoms. The minimum absolute atomic E-state index is 0.467. The molecule has 0 fully saturated rings. The summed E-state index contributed by atoms with van der Waals surface area (Å²) in [6, 6.07) is 5.47. The molecule has 106 valence electrons. The van der Waals surface area contributed by atoms with Crippen molar-refractivity contribution in [3.8, 4) is 11.1 Å². The molecule has 0 spiro atoms. The van der Waals surface area contributed by atoms with E-state index in [0.29, 0.717) is 5.82 Å². The van der Waals surface area contributed by atoms with Gasteiger partial charge in [-0.3, -0.25) is 5.32 Å². The van der Waals surface area contributed by atoms with Crippen LogP contribution in [0.2, 0.25) is 0 Å². The number of anilines is 1. The quantitative estimate of drug-likeness (QED) is 0.748. The number of nitrogens with one attached hydrogen (secondary N) is 1. The molecule has 2 aromatic heterocycles. The van der Waals surface area contributed by atoms with Crippen molar-refractivity contribution in [1.82, 2.24) is 4.98 Å². The predicted molar refractivity (Wildman–Crippen MR) is 87.7 cm³/mol. The number of aromatic nitrogens is 1. The number of amides is 2. The summed E-state index contributed by atoms with van der Waals surface area (Å²) in [6.07, 6.45) is 1.78. The Balaban J connectivity index is 2.27. The number of carbonyl (C=O) groups is 1. The maximum absolute atomic E-state index is 11.0. The molecule has 0 aliphatic rings. The second kappa shape index (κ2) is 5.18. The summed E-state index contributed by atoms with van der Waals surface area (Å²) < 4.78 is 0. The molecule has 21 heavy (non-hydrogen) atoms. The van der Waals surface area contributed by atoms with E-state index in [0.717, 1.165) is 21.9 Å². The number of primary amides is 1. The maximum Gasteiger partial charge on any atom is 0.317 e. The molecule has 3 aromatic rings. The molecule has 1 aromatic carbocycles. The first kappa shape index (κ1) is 13.6. The van der Waals surface area contributed by atoms with Crippen molar-refractivity contribution < 1.29 is 4.79 Å². The van der Waals surface area contributed by atoms with E-state index in [-0.39, 0.29) is 0 Å². The summed E-state index contributed by atoms with van der Waals surface area (Å²) in [5.41, 5.74) is 9.91. The van der Waals surface area contributed by atoms with Gasteiger partial charge in [-0.15, -0.1) is 0 Å². The minimum Gasteiger partial charge on any atom is -0.351 e. The van der Waals surface area contributed by atoms with Gasteiger partial charge in [-0.1, -0.05) is 12.1 Å². The molecule has 2 amide bonds. The van der Waals surface area contributed by atoms with Crippen molar-refractivity contribution in [3.05, 3.63) is 46.3 Å². The Hall–Kier alpha value is -2.40. The van der Waals surface area contributed by atoms with E-state index in [1.54, 1.807) is 17.5 Å². The van der Waals surface area contributed by atoms with Gasteiger partial charge in [0, 0.05) is 11.6 Å². The van der Waals surface area contributed by atoms with Crippen LogP contribution in [0, 0.1) is 13.8 Å². The van der Waals surface area contributed by atoms with E-state index in [1.165, 1.54) is 11.1 Å². The van der Waals surface area contributed by atoms with E-state index in [9.17, 15) is 4.79 Å². The van der Waals surface area contributed by atoms with Crippen LogP contribution < -0.4 is 11.1 Å². The summed E-state index contributed by atoms with van der Waals surface area (Å²) in [4.78, 5) is 15.3. The Morgan fingerprint density at radius 1 is 1.14 bits per heavy atom. The number of hydrogen-bond acceptors (Lipinski definition) is 3. The standard InChI is InChI=1S/C16H15N3OS/c1-9-3-4-11(14-8-21-7-10(14)2)12-5-15(19-16(17)20)18-6-13(9)12/h3-8H,1-2H3,(H3,17,18,19,20). The third-order valence-electron chi connectivity index (χ3n) is 3.52. The zero-order valence-corrected chi connectivity index (χ0v) is 12.6. The fourth-order valence-electron chi connectivity index (χ4n) is 2.45. The second-order valence-corrected chi connectivity index (χ2v) is 5.75. The molecular weight excluding hydrogens is 282 g/mol. The average Bonchev–Trinajstić information content (AvgIpc) is 2.85. The Labute approximate surface area is 126 Å². The molecular formula is C16H15N3OS. The first-order valence-corrected chi connectivity index (χ1v) is 7.49. The molecule has 0 radical (unpaired) electrons. The van der Waals surface area contributed by atoms with Gasteiger partial charge < -0.3 is 5.73 Å². The van der Waals surface area contributed by atoms with E-state index < -0.39 is 6.03 Å². The lowest BCUT2D eigenvalue weighted by Crippen LogP contribution is -2.19. The number of nitrogens with zero attached hydrogens (tertiary/aromatic N) is 1. The third kappa shape index (κ3) is 2.48. The van der Waals surface area contributed by atoms with Gasteiger partial charge in [0.15, 0.2) is 0 Å². The molecule has 0 aliphatic heterocycles. The highest BCUT2D eigenvalue weighted by molar-refractivity contribution is 7.08. The Bertz CT molecular complexity index is 839. The number of fused-ring (bicyclic) bond motifs is 1. The first-order chi connectivity index (χ1) is 10.1. The highest BCUT2D eigenvalue weighted by Crippen LogP contribution is 2.34. The van der Waals surface area contributed by atoms with Gasteiger partial charge in [-0.2, -0.15) is 11.3 Å². The van der Waals surface area contributed by atoms with Crippen LogP contribution in [0.4, 0.5) is 10.6 Å².